The van der Waals surface area contributed by atoms with Crippen LogP contribution in [-0.4, -0.2) is 49.6 Å². The van der Waals surface area contributed by atoms with Crippen LogP contribution in [0.4, 0.5) is 0 Å². The van der Waals surface area contributed by atoms with Crippen molar-refractivity contribution in [1.29, 1.82) is 0 Å². The summed E-state index contributed by atoms with van der Waals surface area (Å²) < 4.78 is 0. The minimum absolute atomic E-state index is 0.338. The van der Waals surface area contributed by atoms with E-state index in [2.05, 4.69) is 15.0 Å². The van der Waals surface area contributed by atoms with E-state index < -0.39 is 11.5 Å². The molecule has 1 atom stereocenters. The normalized spacial score (nSPS) is 21.9. The van der Waals surface area contributed by atoms with Gasteiger partial charge in [-0.05, 0) is 18.6 Å². The van der Waals surface area contributed by atoms with Gasteiger partial charge < -0.3 is 10.8 Å². The fourth-order valence-electron chi connectivity index (χ4n) is 2.55. The van der Waals surface area contributed by atoms with E-state index >= 15 is 0 Å². The third-order valence-electron chi connectivity index (χ3n) is 3.81. The molecule has 2 aromatic heterocycles. The van der Waals surface area contributed by atoms with Gasteiger partial charge in [0.05, 0.1) is 0 Å². The standard InChI is InChI=1S/C15H17N5O2/c16-15(14(21)22)4-6-20(10-15)9-11-7-18-13(19-8-11)12-3-1-2-5-17-12/h1-3,5,7-8H,4,6,9-10,16H2,(H,21,22)/t15-/m1/s1. The molecule has 114 valence electrons. The number of hydrogen-bond acceptors (Lipinski definition) is 6. The van der Waals surface area contributed by atoms with Gasteiger partial charge in [-0.3, -0.25) is 14.7 Å². The predicted molar refractivity (Wildman–Crippen MR) is 79.7 cm³/mol. The van der Waals surface area contributed by atoms with E-state index in [4.69, 9.17) is 10.8 Å². The van der Waals surface area contributed by atoms with Crippen LogP contribution in [0.2, 0.25) is 0 Å². The van der Waals surface area contributed by atoms with Crippen LogP contribution in [-0.2, 0) is 11.3 Å². The van der Waals surface area contributed by atoms with Crippen LogP contribution in [0.3, 0.4) is 0 Å². The van der Waals surface area contributed by atoms with E-state index in [1.54, 1.807) is 18.6 Å². The Bertz CT molecular complexity index is 661. The molecule has 0 aromatic carbocycles. The summed E-state index contributed by atoms with van der Waals surface area (Å²) in [6.07, 6.45) is 5.64. The van der Waals surface area contributed by atoms with Gasteiger partial charge in [0.2, 0.25) is 0 Å². The first-order valence-corrected chi connectivity index (χ1v) is 7.04. The molecule has 7 nitrogen and oxygen atoms in total. The number of aromatic nitrogens is 3. The smallest absolute Gasteiger partial charge is 0.325 e. The van der Waals surface area contributed by atoms with E-state index in [1.165, 1.54) is 0 Å². The highest BCUT2D eigenvalue weighted by Crippen LogP contribution is 2.21. The zero-order valence-electron chi connectivity index (χ0n) is 12.0. The zero-order chi connectivity index (χ0) is 15.6. The third-order valence-corrected chi connectivity index (χ3v) is 3.81. The van der Waals surface area contributed by atoms with Gasteiger partial charge in [0.25, 0.3) is 0 Å². The van der Waals surface area contributed by atoms with Gasteiger partial charge in [0, 0.05) is 43.8 Å². The molecule has 0 bridgehead atoms. The molecule has 0 radical (unpaired) electrons. The van der Waals surface area contributed by atoms with Crippen LogP contribution in [0.15, 0.2) is 36.8 Å². The number of nitrogens with two attached hydrogens (primary N) is 1. The van der Waals surface area contributed by atoms with Crippen molar-refractivity contribution in [3.8, 4) is 11.5 Å². The highest BCUT2D eigenvalue weighted by atomic mass is 16.4. The Morgan fingerprint density at radius 2 is 2.09 bits per heavy atom. The number of carboxylic acids is 1. The predicted octanol–water partition coefficient (Wildman–Crippen LogP) is 0.526. The van der Waals surface area contributed by atoms with E-state index in [-0.39, 0.29) is 0 Å². The molecule has 0 aliphatic carbocycles. The summed E-state index contributed by atoms with van der Waals surface area (Å²) in [6.45, 7) is 1.59. The highest BCUT2D eigenvalue weighted by molar-refractivity contribution is 5.79. The molecule has 0 spiro atoms. The summed E-state index contributed by atoms with van der Waals surface area (Å²) in [4.78, 5) is 26.0. The molecule has 2 aromatic rings. The van der Waals surface area contributed by atoms with Crippen molar-refractivity contribution in [3.63, 3.8) is 0 Å². The monoisotopic (exact) mass is 299 g/mol. The topological polar surface area (TPSA) is 105 Å². The van der Waals surface area contributed by atoms with Crippen LogP contribution in [0.1, 0.15) is 12.0 Å². The maximum atomic E-state index is 11.1. The molecule has 0 saturated carbocycles. The van der Waals surface area contributed by atoms with Crippen molar-refractivity contribution in [2.24, 2.45) is 5.73 Å². The molecule has 1 fully saturated rings. The first-order chi connectivity index (χ1) is 10.6. The van der Waals surface area contributed by atoms with Gasteiger partial charge in [-0.2, -0.15) is 0 Å². The molecule has 7 heteroatoms. The molecule has 3 rings (SSSR count). The number of hydrogen-bond donors (Lipinski definition) is 2. The van der Waals surface area contributed by atoms with Crippen molar-refractivity contribution in [2.75, 3.05) is 13.1 Å². The van der Waals surface area contributed by atoms with Crippen LogP contribution in [0.25, 0.3) is 11.5 Å². The molecule has 22 heavy (non-hydrogen) atoms. The number of likely N-dealkylation sites (tertiary alicyclic amines) is 1. The summed E-state index contributed by atoms with van der Waals surface area (Å²) in [6, 6.07) is 5.58. The van der Waals surface area contributed by atoms with Crippen molar-refractivity contribution >= 4 is 5.97 Å². The number of pyridine rings is 1. The maximum Gasteiger partial charge on any atom is 0.325 e. The Morgan fingerprint density at radius 3 is 2.68 bits per heavy atom. The SMILES string of the molecule is N[C@]1(C(=O)O)CCN(Cc2cnc(-c3ccccn3)nc2)C1. The summed E-state index contributed by atoms with van der Waals surface area (Å²) in [5.41, 5.74) is 6.37. The van der Waals surface area contributed by atoms with Crippen LogP contribution < -0.4 is 5.73 Å². The summed E-state index contributed by atoms with van der Waals surface area (Å²) in [5.74, 6) is -0.374. The number of carbonyl (C=O) groups is 1. The molecule has 1 aliphatic heterocycles. The molecular weight excluding hydrogens is 282 g/mol. The second-order valence-electron chi connectivity index (χ2n) is 5.55. The molecular formula is C15H17N5O2. The van der Waals surface area contributed by atoms with Crippen molar-refractivity contribution in [1.82, 2.24) is 19.9 Å². The van der Waals surface area contributed by atoms with Gasteiger partial charge in [-0.1, -0.05) is 6.07 Å². The quantitative estimate of drug-likeness (QED) is 0.848. The van der Waals surface area contributed by atoms with Crippen LogP contribution in [0.5, 0.6) is 0 Å². The minimum atomic E-state index is -1.14. The van der Waals surface area contributed by atoms with Gasteiger partial charge in [0.15, 0.2) is 5.82 Å². The fraction of sp³-hybridized carbons (Fsp3) is 0.333. The van der Waals surface area contributed by atoms with E-state index in [1.807, 2.05) is 23.1 Å². The van der Waals surface area contributed by atoms with Crippen LogP contribution in [0, 0.1) is 0 Å². The van der Waals surface area contributed by atoms with Gasteiger partial charge in [-0.25, -0.2) is 9.97 Å². The third kappa shape index (κ3) is 2.95. The van der Waals surface area contributed by atoms with Crippen molar-refractivity contribution < 1.29 is 9.90 Å². The Kier molecular flexibility index (Phi) is 3.82. The first-order valence-electron chi connectivity index (χ1n) is 7.04. The zero-order valence-corrected chi connectivity index (χ0v) is 12.0. The number of aliphatic carboxylic acids is 1. The maximum absolute atomic E-state index is 11.1. The molecule has 3 N–H and O–H groups in total. The van der Waals surface area contributed by atoms with Crippen LogP contribution >= 0.6 is 0 Å². The summed E-state index contributed by atoms with van der Waals surface area (Å²) in [7, 11) is 0. The number of carboxylic acid groups (broad SMARTS) is 1. The van der Waals surface area contributed by atoms with Gasteiger partial charge in [0.1, 0.15) is 11.2 Å². The molecule has 1 saturated heterocycles. The lowest BCUT2D eigenvalue weighted by molar-refractivity contribution is -0.142. The number of rotatable bonds is 4. The van der Waals surface area contributed by atoms with Crippen molar-refractivity contribution in [3.05, 3.63) is 42.4 Å². The lowest BCUT2D eigenvalue weighted by Gasteiger charge is -2.19. The lowest BCUT2D eigenvalue weighted by atomic mass is 10.0. The first kappa shape index (κ1) is 14.6. The Balaban J connectivity index is 1.66. The average Bonchev–Trinajstić information content (AvgIpc) is 2.92. The number of nitrogens with zero attached hydrogens (tertiary/aromatic N) is 4. The van der Waals surface area contributed by atoms with Crippen molar-refractivity contribution in [2.45, 2.75) is 18.5 Å². The summed E-state index contributed by atoms with van der Waals surface area (Å²) >= 11 is 0. The van der Waals surface area contributed by atoms with E-state index in [0.717, 1.165) is 11.3 Å². The highest BCUT2D eigenvalue weighted by Gasteiger charge is 2.41. The molecule has 1 aliphatic rings. The largest absolute Gasteiger partial charge is 0.480 e. The Labute approximate surface area is 127 Å². The molecule has 0 amide bonds. The summed E-state index contributed by atoms with van der Waals surface area (Å²) in [5, 5.41) is 9.14. The van der Waals surface area contributed by atoms with Gasteiger partial charge >= 0.3 is 5.97 Å². The second kappa shape index (κ2) is 5.78. The Morgan fingerprint density at radius 1 is 1.32 bits per heavy atom. The van der Waals surface area contributed by atoms with E-state index in [0.29, 0.717) is 31.9 Å². The fourth-order valence-corrected chi connectivity index (χ4v) is 2.55. The lowest BCUT2D eigenvalue weighted by Crippen LogP contribution is -2.50. The molecule has 3 heterocycles. The molecule has 0 unspecified atom stereocenters. The average molecular weight is 299 g/mol. The van der Waals surface area contributed by atoms with Gasteiger partial charge in [-0.15, -0.1) is 0 Å². The minimum Gasteiger partial charge on any atom is -0.480 e. The van der Waals surface area contributed by atoms with E-state index in [9.17, 15) is 4.79 Å². The second-order valence-corrected chi connectivity index (χ2v) is 5.55. The Hall–Kier alpha value is -2.38.